The number of carbonyl (C=O) groups is 1. The minimum atomic E-state index is -0.398. The average Bonchev–Trinajstić information content (AvgIpc) is 2.43. The molecule has 4 nitrogen and oxygen atoms in total. The van der Waals surface area contributed by atoms with E-state index in [1.54, 1.807) is 12.1 Å². The fourth-order valence-electron chi connectivity index (χ4n) is 1.26. The Morgan fingerprint density at radius 1 is 0.895 bits per heavy atom. The van der Waals surface area contributed by atoms with E-state index in [-0.39, 0.29) is 5.75 Å². The first kappa shape index (κ1) is 14.6. The number of phenolic OH excluding ortho intramolecular Hbond substituents is 2. The molecule has 0 aromatic heterocycles. The van der Waals surface area contributed by atoms with E-state index < -0.39 is 5.97 Å². The van der Waals surface area contributed by atoms with Crippen LogP contribution >= 0.6 is 0 Å². The molecule has 0 saturated carbocycles. The summed E-state index contributed by atoms with van der Waals surface area (Å²) >= 11 is 0. The molecule has 0 bridgehead atoms. The molecule has 0 amide bonds. The molecule has 2 aromatic carbocycles. The zero-order valence-corrected chi connectivity index (χ0v) is 10.8. The van der Waals surface area contributed by atoms with Gasteiger partial charge < -0.3 is 14.9 Å². The van der Waals surface area contributed by atoms with Crippen molar-refractivity contribution in [1.82, 2.24) is 0 Å². The highest BCUT2D eigenvalue weighted by atomic mass is 16.5. The number of aryl methyl sites for hydroxylation is 1. The molecule has 0 heterocycles. The van der Waals surface area contributed by atoms with Crippen LogP contribution in [0.4, 0.5) is 0 Å². The molecule has 0 unspecified atom stereocenters. The molecular weight excluding hydrogens is 244 g/mol. The Kier molecular flexibility index (Phi) is 5.41. The molecule has 2 aromatic rings. The van der Waals surface area contributed by atoms with Crippen molar-refractivity contribution < 1.29 is 19.7 Å². The summed E-state index contributed by atoms with van der Waals surface area (Å²) in [4.78, 5) is 10.8. The second kappa shape index (κ2) is 7.06. The van der Waals surface area contributed by atoms with Crippen molar-refractivity contribution in [3.63, 3.8) is 0 Å². The lowest BCUT2D eigenvalue weighted by atomic mass is 10.2. The summed E-state index contributed by atoms with van der Waals surface area (Å²) < 4.78 is 4.46. The Morgan fingerprint density at radius 2 is 1.32 bits per heavy atom. The van der Waals surface area contributed by atoms with Crippen LogP contribution in [0.15, 0.2) is 48.5 Å². The summed E-state index contributed by atoms with van der Waals surface area (Å²) in [6.45, 7) is 1.99. The van der Waals surface area contributed by atoms with Gasteiger partial charge in [0.1, 0.15) is 11.5 Å². The van der Waals surface area contributed by atoms with Crippen molar-refractivity contribution in [3.8, 4) is 11.5 Å². The van der Waals surface area contributed by atoms with Crippen LogP contribution in [-0.4, -0.2) is 23.3 Å². The smallest absolute Gasteiger partial charge is 0.337 e. The van der Waals surface area contributed by atoms with E-state index in [4.69, 9.17) is 10.2 Å². The molecule has 100 valence electrons. The summed E-state index contributed by atoms with van der Waals surface area (Å²) in [5, 5.41) is 17.6. The van der Waals surface area contributed by atoms with Crippen molar-refractivity contribution in [1.29, 1.82) is 0 Å². The van der Waals surface area contributed by atoms with E-state index in [0.717, 1.165) is 0 Å². The van der Waals surface area contributed by atoms with Crippen LogP contribution < -0.4 is 0 Å². The van der Waals surface area contributed by atoms with Crippen LogP contribution in [0.2, 0.25) is 0 Å². The van der Waals surface area contributed by atoms with Gasteiger partial charge in [0.05, 0.1) is 12.7 Å². The third-order valence-corrected chi connectivity index (χ3v) is 2.32. The number of hydrogen-bond acceptors (Lipinski definition) is 4. The van der Waals surface area contributed by atoms with E-state index in [0.29, 0.717) is 11.3 Å². The van der Waals surface area contributed by atoms with Gasteiger partial charge in [0.25, 0.3) is 0 Å². The monoisotopic (exact) mass is 260 g/mol. The third kappa shape index (κ3) is 5.12. The number of benzene rings is 2. The van der Waals surface area contributed by atoms with Gasteiger partial charge in [0.2, 0.25) is 0 Å². The second-order valence-corrected chi connectivity index (χ2v) is 3.87. The van der Waals surface area contributed by atoms with Gasteiger partial charge in [-0.2, -0.15) is 0 Å². The number of phenols is 2. The molecule has 0 aliphatic carbocycles. The maximum atomic E-state index is 10.8. The third-order valence-electron chi connectivity index (χ3n) is 2.32. The molecule has 2 N–H and O–H groups in total. The molecule has 4 heteroatoms. The van der Waals surface area contributed by atoms with Gasteiger partial charge in [-0.25, -0.2) is 4.79 Å². The Labute approximate surface area is 111 Å². The first-order chi connectivity index (χ1) is 9.02. The molecule has 0 radical (unpaired) electrons. The highest BCUT2D eigenvalue weighted by Crippen LogP contribution is 2.10. The quantitative estimate of drug-likeness (QED) is 0.774. The fourth-order valence-corrected chi connectivity index (χ4v) is 1.26. The number of hydrogen-bond donors (Lipinski definition) is 2. The maximum Gasteiger partial charge on any atom is 0.337 e. The van der Waals surface area contributed by atoms with Crippen LogP contribution in [0, 0.1) is 6.92 Å². The first-order valence-electron chi connectivity index (χ1n) is 5.66. The van der Waals surface area contributed by atoms with Crippen molar-refractivity contribution >= 4 is 5.97 Å². The lowest BCUT2D eigenvalue weighted by Crippen LogP contribution is -1.99. The molecule has 0 aliphatic heterocycles. The Bertz CT molecular complexity index is 494. The molecule has 2 rings (SSSR count). The molecule has 0 saturated heterocycles. The van der Waals surface area contributed by atoms with Crippen LogP contribution in [0.3, 0.4) is 0 Å². The summed E-state index contributed by atoms with van der Waals surface area (Å²) in [6.07, 6.45) is 0. The molecule has 0 spiro atoms. The average molecular weight is 260 g/mol. The number of aromatic hydroxyl groups is 2. The maximum absolute atomic E-state index is 10.8. The Balaban J connectivity index is 0.000000200. The standard InChI is InChI=1S/C8H8O3.C7H8O/c1-11-8(10)6-2-4-7(9)5-3-6;1-6-2-4-7(8)5-3-6/h2-5,9H,1H3;2-5,8H,1H3. The van der Waals surface area contributed by atoms with Gasteiger partial charge in [0.15, 0.2) is 0 Å². The van der Waals surface area contributed by atoms with Crippen LogP contribution in [0.25, 0.3) is 0 Å². The van der Waals surface area contributed by atoms with Gasteiger partial charge in [-0.05, 0) is 43.3 Å². The van der Waals surface area contributed by atoms with Gasteiger partial charge in [0, 0.05) is 0 Å². The van der Waals surface area contributed by atoms with Gasteiger partial charge >= 0.3 is 5.97 Å². The van der Waals surface area contributed by atoms with Crippen molar-refractivity contribution in [2.45, 2.75) is 6.92 Å². The first-order valence-corrected chi connectivity index (χ1v) is 5.66. The summed E-state index contributed by atoms with van der Waals surface area (Å²) in [7, 11) is 1.31. The van der Waals surface area contributed by atoms with E-state index >= 15 is 0 Å². The normalized spacial score (nSPS) is 9.16. The number of methoxy groups -OCH3 is 1. The van der Waals surface area contributed by atoms with E-state index in [9.17, 15) is 4.79 Å². The number of ether oxygens (including phenoxy) is 1. The number of esters is 1. The van der Waals surface area contributed by atoms with Crippen LogP contribution in [-0.2, 0) is 4.74 Å². The van der Waals surface area contributed by atoms with Gasteiger partial charge in [-0.3, -0.25) is 0 Å². The SMILES string of the molecule is COC(=O)c1ccc(O)cc1.Cc1ccc(O)cc1. The van der Waals surface area contributed by atoms with E-state index in [1.165, 1.54) is 36.9 Å². The summed E-state index contributed by atoms with van der Waals surface area (Å²) in [5.74, 6) is 0.0678. The van der Waals surface area contributed by atoms with Crippen LogP contribution in [0.1, 0.15) is 15.9 Å². The largest absolute Gasteiger partial charge is 0.508 e. The molecule has 19 heavy (non-hydrogen) atoms. The Hall–Kier alpha value is -2.49. The fraction of sp³-hybridized carbons (Fsp3) is 0.133. The van der Waals surface area contributed by atoms with E-state index in [1.807, 2.05) is 19.1 Å². The lowest BCUT2D eigenvalue weighted by molar-refractivity contribution is 0.0600. The van der Waals surface area contributed by atoms with Gasteiger partial charge in [-0.15, -0.1) is 0 Å². The summed E-state index contributed by atoms with van der Waals surface area (Å²) in [5.41, 5.74) is 1.60. The van der Waals surface area contributed by atoms with Gasteiger partial charge in [-0.1, -0.05) is 17.7 Å². The second-order valence-electron chi connectivity index (χ2n) is 3.87. The lowest BCUT2D eigenvalue weighted by Gasteiger charge is -1.97. The van der Waals surface area contributed by atoms with Crippen LogP contribution in [0.5, 0.6) is 11.5 Å². The molecule has 0 fully saturated rings. The van der Waals surface area contributed by atoms with E-state index in [2.05, 4.69) is 4.74 Å². The molecule has 0 aliphatic rings. The number of rotatable bonds is 1. The zero-order chi connectivity index (χ0) is 14.3. The van der Waals surface area contributed by atoms with Crippen molar-refractivity contribution in [3.05, 3.63) is 59.7 Å². The number of carbonyl (C=O) groups excluding carboxylic acids is 1. The van der Waals surface area contributed by atoms with Crippen molar-refractivity contribution in [2.75, 3.05) is 7.11 Å². The zero-order valence-electron chi connectivity index (χ0n) is 10.8. The Morgan fingerprint density at radius 3 is 1.68 bits per heavy atom. The molecular formula is C15H16O4. The van der Waals surface area contributed by atoms with Crippen molar-refractivity contribution in [2.24, 2.45) is 0 Å². The predicted molar refractivity (Wildman–Crippen MR) is 72.3 cm³/mol. The molecule has 0 atom stereocenters. The predicted octanol–water partition coefficient (Wildman–Crippen LogP) is 2.88. The minimum absolute atomic E-state index is 0.137. The minimum Gasteiger partial charge on any atom is -0.508 e. The highest BCUT2D eigenvalue weighted by Gasteiger charge is 2.02. The summed E-state index contributed by atoms with van der Waals surface area (Å²) in [6, 6.07) is 13.0. The topological polar surface area (TPSA) is 66.8 Å². The highest BCUT2D eigenvalue weighted by molar-refractivity contribution is 5.89.